The Balaban J connectivity index is 1.76. The Bertz CT molecular complexity index is 700. The SMILES string of the molecule is NC=NC1CCC(c2ccc([C@@](O)(C(=O)O)[C@@H]3CCC(F)(F)C3)cc2)CC1. The van der Waals surface area contributed by atoms with Crippen molar-refractivity contribution < 1.29 is 23.8 Å². The fourth-order valence-electron chi connectivity index (χ4n) is 4.53. The standard InChI is InChI=1S/C20H26F2N2O3/c21-19(22)10-9-16(11-19)20(27,18(25)26)15-5-1-13(2-6-15)14-3-7-17(8-4-14)24-12-23/h1-2,5-6,12,14,16-17,27H,3-4,7-11H2,(H2,23,24)(H,25,26)/t14?,16-,17?,20+/m1/s1. The summed E-state index contributed by atoms with van der Waals surface area (Å²) in [7, 11) is 0. The molecule has 0 unspecified atom stereocenters. The van der Waals surface area contributed by atoms with Crippen molar-refractivity contribution >= 4 is 12.3 Å². The molecule has 2 aliphatic rings. The summed E-state index contributed by atoms with van der Waals surface area (Å²) in [5.41, 5.74) is 4.30. The van der Waals surface area contributed by atoms with Gasteiger partial charge < -0.3 is 15.9 Å². The lowest BCUT2D eigenvalue weighted by atomic mass is 9.78. The molecule has 1 aromatic rings. The summed E-state index contributed by atoms with van der Waals surface area (Å²) in [4.78, 5) is 16.0. The Labute approximate surface area is 157 Å². The molecule has 0 spiro atoms. The molecule has 1 aromatic carbocycles. The molecular formula is C20H26F2N2O3. The molecule has 0 radical (unpaired) electrons. The van der Waals surface area contributed by atoms with Gasteiger partial charge in [0.2, 0.25) is 5.92 Å². The number of hydrogen-bond donors (Lipinski definition) is 3. The zero-order valence-electron chi connectivity index (χ0n) is 15.2. The van der Waals surface area contributed by atoms with Crippen LogP contribution in [0.15, 0.2) is 29.3 Å². The van der Waals surface area contributed by atoms with Gasteiger partial charge in [0.05, 0.1) is 12.4 Å². The molecule has 4 N–H and O–H groups in total. The third-order valence-corrected chi connectivity index (χ3v) is 6.14. The van der Waals surface area contributed by atoms with Crippen LogP contribution in [-0.4, -0.2) is 34.5 Å². The highest BCUT2D eigenvalue weighted by Gasteiger charge is 2.53. The van der Waals surface area contributed by atoms with E-state index in [4.69, 9.17) is 5.73 Å². The van der Waals surface area contributed by atoms with Crippen molar-refractivity contribution in [1.82, 2.24) is 0 Å². The first kappa shape index (κ1) is 19.7. The zero-order chi connectivity index (χ0) is 19.7. The van der Waals surface area contributed by atoms with Crippen molar-refractivity contribution in [3.8, 4) is 0 Å². The molecule has 5 nitrogen and oxygen atoms in total. The Morgan fingerprint density at radius 1 is 1.19 bits per heavy atom. The van der Waals surface area contributed by atoms with Gasteiger partial charge in [0.25, 0.3) is 0 Å². The summed E-state index contributed by atoms with van der Waals surface area (Å²) >= 11 is 0. The summed E-state index contributed by atoms with van der Waals surface area (Å²) in [6.07, 6.45) is 4.14. The molecule has 0 heterocycles. The monoisotopic (exact) mass is 380 g/mol. The predicted octanol–water partition coefficient (Wildman–Crippen LogP) is 3.41. The number of hydrogen-bond acceptors (Lipinski definition) is 3. The summed E-state index contributed by atoms with van der Waals surface area (Å²) in [5, 5.41) is 20.4. The highest BCUT2D eigenvalue weighted by molar-refractivity contribution is 5.79. The van der Waals surface area contributed by atoms with Crippen molar-refractivity contribution in [3.05, 3.63) is 35.4 Å². The van der Waals surface area contributed by atoms with Crippen molar-refractivity contribution in [2.45, 2.75) is 68.4 Å². The number of alkyl halides is 2. The molecule has 2 atom stereocenters. The van der Waals surface area contributed by atoms with Crippen molar-refractivity contribution in [1.29, 1.82) is 0 Å². The van der Waals surface area contributed by atoms with E-state index in [9.17, 15) is 23.8 Å². The van der Waals surface area contributed by atoms with Gasteiger partial charge in [-0.05, 0) is 49.1 Å². The fraction of sp³-hybridized carbons (Fsp3) is 0.600. The molecule has 7 heteroatoms. The number of aliphatic hydroxyl groups is 1. The van der Waals surface area contributed by atoms with Gasteiger partial charge >= 0.3 is 5.97 Å². The van der Waals surface area contributed by atoms with Gasteiger partial charge in [0, 0.05) is 18.8 Å². The van der Waals surface area contributed by atoms with E-state index in [2.05, 4.69) is 4.99 Å². The maximum atomic E-state index is 13.6. The Morgan fingerprint density at radius 3 is 2.30 bits per heavy atom. The Morgan fingerprint density at radius 2 is 1.81 bits per heavy atom. The van der Waals surface area contributed by atoms with Gasteiger partial charge in [-0.25, -0.2) is 13.6 Å². The van der Waals surface area contributed by atoms with Crippen LogP contribution in [0.25, 0.3) is 0 Å². The number of nitrogens with zero attached hydrogens (tertiary/aromatic N) is 1. The van der Waals surface area contributed by atoms with E-state index in [1.54, 1.807) is 12.1 Å². The summed E-state index contributed by atoms with van der Waals surface area (Å²) < 4.78 is 27.2. The van der Waals surface area contributed by atoms with Crippen LogP contribution in [0.3, 0.4) is 0 Å². The number of aliphatic carboxylic acids is 1. The van der Waals surface area contributed by atoms with E-state index in [0.717, 1.165) is 31.2 Å². The fourth-order valence-corrected chi connectivity index (χ4v) is 4.53. The molecule has 0 amide bonds. The van der Waals surface area contributed by atoms with Crippen LogP contribution in [0.2, 0.25) is 0 Å². The molecule has 27 heavy (non-hydrogen) atoms. The smallest absolute Gasteiger partial charge is 0.340 e. The minimum Gasteiger partial charge on any atom is -0.479 e. The van der Waals surface area contributed by atoms with E-state index < -0.39 is 29.8 Å². The Hall–Kier alpha value is -2.02. The van der Waals surface area contributed by atoms with Gasteiger partial charge in [-0.2, -0.15) is 0 Å². The van der Waals surface area contributed by atoms with Crippen LogP contribution >= 0.6 is 0 Å². The molecule has 148 valence electrons. The van der Waals surface area contributed by atoms with Gasteiger partial charge in [0.1, 0.15) is 0 Å². The maximum Gasteiger partial charge on any atom is 0.340 e. The van der Waals surface area contributed by atoms with Gasteiger partial charge in [0.15, 0.2) is 5.60 Å². The Kier molecular flexibility index (Phi) is 5.51. The highest BCUT2D eigenvalue weighted by Crippen LogP contribution is 2.47. The number of carbonyl (C=O) groups is 1. The van der Waals surface area contributed by atoms with E-state index in [-0.39, 0.29) is 24.4 Å². The number of rotatable bonds is 5. The lowest BCUT2D eigenvalue weighted by Gasteiger charge is -2.31. The quantitative estimate of drug-likeness (QED) is 0.539. The van der Waals surface area contributed by atoms with Gasteiger partial charge in [-0.1, -0.05) is 24.3 Å². The molecule has 0 bridgehead atoms. The van der Waals surface area contributed by atoms with Crippen molar-refractivity contribution in [3.63, 3.8) is 0 Å². The first-order valence-corrected chi connectivity index (χ1v) is 9.43. The number of aliphatic imine (C=N–C) groups is 1. The summed E-state index contributed by atoms with van der Waals surface area (Å²) in [6.45, 7) is 0. The van der Waals surface area contributed by atoms with E-state index in [1.165, 1.54) is 6.34 Å². The zero-order valence-corrected chi connectivity index (χ0v) is 15.2. The van der Waals surface area contributed by atoms with E-state index in [0.29, 0.717) is 5.92 Å². The summed E-state index contributed by atoms with van der Waals surface area (Å²) in [5.74, 6) is -5.05. The van der Waals surface area contributed by atoms with Crippen molar-refractivity contribution in [2.24, 2.45) is 16.6 Å². The number of nitrogens with two attached hydrogens (primary N) is 1. The molecular weight excluding hydrogens is 354 g/mol. The van der Waals surface area contributed by atoms with Gasteiger partial charge in [-0.15, -0.1) is 0 Å². The molecule has 0 saturated heterocycles. The van der Waals surface area contributed by atoms with Crippen LogP contribution in [0.1, 0.15) is 62.0 Å². The minimum absolute atomic E-state index is 0.0107. The number of halogens is 2. The second-order valence-electron chi connectivity index (χ2n) is 7.79. The molecule has 0 aliphatic heterocycles. The van der Waals surface area contributed by atoms with E-state index in [1.807, 2.05) is 12.1 Å². The highest BCUT2D eigenvalue weighted by atomic mass is 19.3. The third-order valence-electron chi connectivity index (χ3n) is 6.14. The molecule has 2 aliphatic carbocycles. The van der Waals surface area contributed by atoms with Crippen LogP contribution in [0.5, 0.6) is 0 Å². The van der Waals surface area contributed by atoms with Gasteiger partial charge in [-0.3, -0.25) is 4.99 Å². The number of carboxylic acids is 1. The van der Waals surface area contributed by atoms with Crippen LogP contribution in [0.4, 0.5) is 8.78 Å². The second kappa shape index (κ2) is 7.54. The first-order valence-electron chi connectivity index (χ1n) is 9.43. The van der Waals surface area contributed by atoms with E-state index >= 15 is 0 Å². The second-order valence-corrected chi connectivity index (χ2v) is 7.79. The molecule has 3 rings (SSSR count). The first-order chi connectivity index (χ1) is 12.8. The average Bonchev–Trinajstić information content (AvgIpc) is 3.02. The summed E-state index contributed by atoms with van der Waals surface area (Å²) in [6, 6.07) is 7.03. The third kappa shape index (κ3) is 3.98. The molecule has 0 aromatic heterocycles. The van der Waals surface area contributed by atoms with Crippen LogP contribution in [0, 0.1) is 5.92 Å². The predicted molar refractivity (Wildman–Crippen MR) is 97.9 cm³/mol. The van der Waals surface area contributed by atoms with Crippen LogP contribution < -0.4 is 5.73 Å². The normalized spacial score (nSPS) is 30.3. The maximum absolute atomic E-state index is 13.6. The molecule has 2 fully saturated rings. The largest absolute Gasteiger partial charge is 0.479 e. The van der Waals surface area contributed by atoms with Crippen LogP contribution in [-0.2, 0) is 10.4 Å². The number of carboxylic acid groups (broad SMARTS) is 1. The average molecular weight is 380 g/mol. The molecule has 2 saturated carbocycles. The lowest BCUT2D eigenvalue weighted by molar-refractivity contribution is -0.167. The lowest BCUT2D eigenvalue weighted by Crippen LogP contribution is -2.42. The topological polar surface area (TPSA) is 95.9 Å². The van der Waals surface area contributed by atoms with Crippen molar-refractivity contribution in [2.75, 3.05) is 0 Å². The minimum atomic E-state index is -2.92. The number of benzene rings is 1.